The van der Waals surface area contributed by atoms with E-state index in [0.717, 1.165) is 0 Å². The smallest absolute Gasteiger partial charge is 0.226 e. The molecular formula is C5H2ClFIN. The minimum Gasteiger partial charge on any atom is -0.226 e. The predicted molar refractivity (Wildman–Crippen MR) is 41.9 cm³/mol. The van der Waals surface area contributed by atoms with E-state index in [1.807, 2.05) is 22.6 Å². The Bertz CT molecular complexity index is 228. The summed E-state index contributed by atoms with van der Waals surface area (Å²) in [6.45, 7) is 0. The van der Waals surface area contributed by atoms with Crippen molar-refractivity contribution in [3.05, 3.63) is 26.8 Å². The third kappa shape index (κ3) is 1.76. The molecule has 1 aromatic heterocycles. The topological polar surface area (TPSA) is 12.9 Å². The number of hydrogen-bond acceptors (Lipinski definition) is 1. The molecule has 0 aliphatic heterocycles. The van der Waals surface area contributed by atoms with Crippen molar-refractivity contribution in [3.63, 3.8) is 0 Å². The first-order valence-corrected chi connectivity index (χ1v) is 3.62. The van der Waals surface area contributed by atoms with Gasteiger partial charge in [-0.05, 0) is 28.7 Å². The van der Waals surface area contributed by atoms with E-state index in [0.29, 0.717) is 8.59 Å². The van der Waals surface area contributed by atoms with Crippen LogP contribution in [0.5, 0.6) is 0 Å². The molecule has 0 unspecified atom stereocenters. The van der Waals surface area contributed by atoms with Crippen molar-refractivity contribution >= 4 is 34.2 Å². The van der Waals surface area contributed by atoms with E-state index in [4.69, 9.17) is 11.6 Å². The number of hydrogen-bond donors (Lipinski definition) is 0. The van der Waals surface area contributed by atoms with Crippen LogP contribution in [0.15, 0.2) is 12.3 Å². The fourth-order valence-corrected chi connectivity index (χ4v) is 1.21. The molecule has 0 bridgehead atoms. The van der Waals surface area contributed by atoms with E-state index in [9.17, 15) is 4.39 Å². The maximum absolute atomic E-state index is 12.3. The largest absolute Gasteiger partial charge is 0.226 e. The van der Waals surface area contributed by atoms with Gasteiger partial charge in [-0.15, -0.1) is 0 Å². The highest BCUT2D eigenvalue weighted by molar-refractivity contribution is 14.1. The molecule has 0 amide bonds. The molecule has 48 valence electrons. The minimum atomic E-state index is -0.472. The maximum Gasteiger partial charge on any atom is 0.226 e. The summed E-state index contributed by atoms with van der Waals surface area (Å²) in [5.41, 5.74) is 0. The summed E-state index contributed by atoms with van der Waals surface area (Å²) in [6.07, 6.45) is 1.28. The van der Waals surface area contributed by atoms with Gasteiger partial charge < -0.3 is 0 Å². The van der Waals surface area contributed by atoms with Crippen LogP contribution in [-0.2, 0) is 0 Å². The molecule has 1 rings (SSSR count). The van der Waals surface area contributed by atoms with Gasteiger partial charge in [-0.1, -0.05) is 11.6 Å². The monoisotopic (exact) mass is 257 g/mol. The fourth-order valence-electron chi connectivity index (χ4n) is 0.398. The molecule has 0 radical (unpaired) electrons. The van der Waals surface area contributed by atoms with Crippen molar-refractivity contribution in [3.8, 4) is 0 Å². The standard InChI is InChI=1S/C5H2ClFIN/c6-3-1-4(8)5(7)9-2-3/h1-2H. The van der Waals surface area contributed by atoms with Crippen molar-refractivity contribution in [2.45, 2.75) is 0 Å². The highest BCUT2D eigenvalue weighted by Crippen LogP contribution is 2.13. The van der Waals surface area contributed by atoms with Gasteiger partial charge in [0.15, 0.2) is 0 Å². The van der Waals surface area contributed by atoms with Crippen LogP contribution in [0.4, 0.5) is 4.39 Å². The number of halogens is 3. The normalized spacial score (nSPS) is 9.67. The lowest BCUT2D eigenvalue weighted by atomic mass is 10.5. The Morgan fingerprint density at radius 2 is 2.33 bits per heavy atom. The maximum atomic E-state index is 12.3. The first-order chi connectivity index (χ1) is 4.20. The number of nitrogens with zero attached hydrogens (tertiary/aromatic N) is 1. The Hall–Kier alpha value is 0.100. The first-order valence-electron chi connectivity index (χ1n) is 2.16. The average Bonchev–Trinajstić information content (AvgIpc) is 1.80. The third-order valence-electron chi connectivity index (χ3n) is 0.763. The highest BCUT2D eigenvalue weighted by atomic mass is 127. The lowest BCUT2D eigenvalue weighted by Gasteiger charge is -1.90. The van der Waals surface area contributed by atoms with Crippen molar-refractivity contribution in [2.75, 3.05) is 0 Å². The summed E-state index contributed by atoms with van der Waals surface area (Å²) < 4.78 is 12.8. The van der Waals surface area contributed by atoms with Crippen LogP contribution in [-0.4, -0.2) is 4.98 Å². The van der Waals surface area contributed by atoms with Gasteiger partial charge in [0.2, 0.25) is 5.95 Å². The average molecular weight is 257 g/mol. The lowest BCUT2D eigenvalue weighted by molar-refractivity contribution is 0.576. The van der Waals surface area contributed by atoms with Gasteiger partial charge in [-0.2, -0.15) is 4.39 Å². The van der Waals surface area contributed by atoms with Crippen LogP contribution in [0.25, 0.3) is 0 Å². The molecule has 0 spiro atoms. The second kappa shape index (κ2) is 2.79. The van der Waals surface area contributed by atoms with Gasteiger partial charge in [-0.25, -0.2) is 4.98 Å². The zero-order valence-corrected chi connectivity index (χ0v) is 7.15. The van der Waals surface area contributed by atoms with E-state index < -0.39 is 5.95 Å². The molecule has 1 heterocycles. The van der Waals surface area contributed by atoms with Gasteiger partial charge in [0.05, 0.1) is 8.59 Å². The molecule has 0 saturated heterocycles. The predicted octanol–water partition coefficient (Wildman–Crippen LogP) is 2.48. The molecule has 0 fully saturated rings. The molecule has 4 heteroatoms. The molecular weight excluding hydrogens is 255 g/mol. The summed E-state index contributed by atoms with van der Waals surface area (Å²) in [5, 5.41) is 0.459. The summed E-state index contributed by atoms with van der Waals surface area (Å²) in [6, 6.07) is 1.52. The van der Waals surface area contributed by atoms with Gasteiger partial charge in [0.25, 0.3) is 0 Å². The number of aromatic nitrogens is 1. The molecule has 9 heavy (non-hydrogen) atoms. The SMILES string of the molecule is Fc1ncc(Cl)cc1I. The van der Waals surface area contributed by atoms with Crippen molar-refractivity contribution in [1.82, 2.24) is 4.98 Å². The third-order valence-corrected chi connectivity index (χ3v) is 1.73. The molecule has 0 N–H and O–H groups in total. The highest BCUT2D eigenvalue weighted by Gasteiger charge is 1.97. The lowest BCUT2D eigenvalue weighted by Crippen LogP contribution is -1.84. The molecule has 0 saturated carbocycles. The van der Waals surface area contributed by atoms with Crippen molar-refractivity contribution in [1.29, 1.82) is 0 Å². The van der Waals surface area contributed by atoms with Crippen LogP contribution in [0, 0.1) is 9.52 Å². The van der Waals surface area contributed by atoms with Crippen LogP contribution >= 0.6 is 34.2 Å². The second-order valence-electron chi connectivity index (χ2n) is 1.43. The molecule has 1 aromatic rings. The van der Waals surface area contributed by atoms with Gasteiger partial charge >= 0.3 is 0 Å². The summed E-state index contributed by atoms with van der Waals surface area (Å²) >= 11 is 7.31. The Labute approximate surface area is 70.4 Å². The van der Waals surface area contributed by atoms with Crippen LogP contribution < -0.4 is 0 Å². The minimum absolute atomic E-state index is 0.445. The number of pyridine rings is 1. The Balaban J connectivity index is 3.17. The first kappa shape index (κ1) is 7.21. The Morgan fingerprint density at radius 3 is 2.78 bits per heavy atom. The van der Waals surface area contributed by atoms with Crippen molar-refractivity contribution in [2.24, 2.45) is 0 Å². The summed E-state index contributed by atoms with van der Waals surface area (Å²) in [5.74, 6) is -0.472. The Kier molecular flexibility index (Phi) is 2.23. The van der Waals surface area contributed by atoms with Crippen LogP contribution in [0.1, 0.15) is 0 Å². The quantitative estimate of drug-likeness (QED) is 0.514. The van der Waals surface area contributed by atoms with Crippen molar-refractivity contribution < 1.29 is 4.39 Å². The number of rotatable bonds is 0. The van der Waals surface area contributed by atoms with E-state index in [1.54, 1.807) is 0 Å². The van der Waals surface area contributed by atoms with E-state index in [2.05, 4.69) is 4.98 Å². The second-order valence-corrected chi connectivity index (χ2v) is 3.02. The molecule has 0 atom stereocenters. The van der Waals surface area contributed by atoms with E-state index in [-0.39, 0.29) is 0 Å². The van der Waals surface area contributed by atoms with E-state index >= 15 is 0 Å². The zero-order valence-electron chi connectivity index (χ0n) is 4.24. The molecule has 0 aliphatic rings. The molecule has 0 aliphatic carbocycles. The van der Waals surface area contributed by atoms with E-state index in [1.165, 1.54) is 12.3 Å². The van der Waals surface area contributed by atoms with Gasteiger partial charge in [-0.3, -0.25) is 0 Å². The molecule has 0 aromatic carbocycles. The van der Waals surface area contributed by atoms with Gasteiger partial charge in [0.1, 0.15) is 0 Å². The van der Waals surface area contributed by atoms with Crippen LogP contribution in [0.2, 0.25) is 5.02 Å². The zero-order chi connectivity index (χ0) is 6.85. The van der Waals surface area contributed by atoms with Crippen LogP contribution in [0.3, 0.4) is 0 Å². The summed E-state index contributed by atoms with van der Waals surface area (Å²) in [4.78, 5) is 3.37. The fraction of sp³-hybridized carbons (Fsp3) is 0. The molecule has 1 nitrogen and oxygen atoms in total. The summed E-state index contributed by atoms with van der Waals surface area (Å²) in [7, 11) is 0. The Morgan fingerprint density at radius 1 is 1.67 bits per heavy atom. The van der Waals surface area contributed by atoms with Gasteiger partial charge in [0, 0.05) is 6.20 Å².